The van der Waals surface area contributed by atoms with Crippen molar-refractivity contribution in [1.29, 1.82) is 0 Å². The van der Waals surface area contributed by atoms with E-state index < -0.39 is 12.0 Å². The highest BCUT2D eigenvalue weighted by Crippen LogP contribution is 2.15. The molecule has 5 nitrogen and oxygen atoms in total. The summed E-state index contributed by atoms with van der Waals surface area (Å²) in [5, 5.41) is 8.89. The van der Waals surface area contributed by atoms with Gasteiger partial charge < -0.3 is 15.7 Å². The lowest BCUT2D eigenvalue weighted by Crippen LogP contribution is -2.46. The Labute approximate surface area is 113 Å². The first-order valence-electron chi connectivity index (χ1n) is 6.30. The third-order valence-electron chi connectivity index (χ3n) is 3.14. The fourth-order valence-electron chi connectivity index (χ4n) is 1.80. The summed E-state index contributed by atoms with van der Waals surface area (Å²) in [6, 6.07) is 7.98. The summed E-state index contributed by atoms with van der Waals surface area (Å²) in [5.41, 5.74) is 6.61. The second-order valence-corrected chi connectivity index (χ2v) is 4.51. The second kappa shape index (κ2) is 6.89. The van der Waals surface area contributed by atoms with E-state index >= 15 is 0 Å². The molecule has 0 fully saturated rings. The van der Waals surface area contributed by atoms with Crippen molar-refractivity contribution in [2.45, 2.75) is 32.4 Å². The quantitative estimate of drug-likeness (QED) is 0.813. The summed E-state index contributed by atoms with van der Waals surface area (Å²) in [6.45, 7) is 3.40. The van der Waals surface area contributed by atoms with Crippen molar-refractivity contribution in [2.24, 2.45) is 5.73 Å². The number of carbonyl (C=O) groups is 2. The average Bonchev–Trinajstić information content (AvgIpc) is 2.43. The first-order valence-corrected chi connectivity index (χ1v) is 6.30. The van der Waals surface area contributed by atoms with Crippen molar-refractivity contribution in [1.82, 2.24) is 4.90 Å². The summed E-state index contributed by atoms with van der Waals surface area (Å²) in [7, 11) is 0. The minimum absolute atomic E-state index is 0.154. The van der Waals surface area contributed by atoms with Crippen molar-refractivity contribution < 1.29 is 14.7 Å². The number of aliphatic carboxylic acids is 1. The van der Waals surface area contributed by atoms with Crippen LogP contribution >= 0.6 is 0 Å². The summed E-state index contributed by atoms with van der Waals surface area (Å²) in [6.07, 6.45) is 0.681. The van der Waals surface area contributed by atoms with Crippen molar-refractivity contribution in [3.8, 4) is 0 Å². The maximum Gasteiger partial charge on any atom is 0.323 e. The molecule has 0 aromatic heterocycles. The Bertz CT molecular complexity index is 434. The molecule has 0 aliphatic rings. The Morgan fingerprint density at radius 2 is 1.89 bits per heavy atom. The van der Waals surface area contributed by atoms with Gasteiger partial charge in [0.15, 0.2) is 0 Å². The first kappa shape index (κ1) is 15.2. The molecule has 104 valence electrons. The number of carboxylic acids is 1. The predicted molar refractivity (Wildman–Crippen MR) is 72.5 cm³/mol. The Morgan fingerprint density at radius 1 is 1.32 bits per heavy atom. The lowest BCUT2D eigenvalue weighted by atomic mass is 10.1. The molecular formula is C14H20N2O3. The van der Waals surface area contributed by atoms with Crippen LogP contribution in [0.5, 0.6) is 0 Å². The molecule has 0 spiro atoms. The molecule has 3 N–H and O–H groups in total. The van der Waals surface area contributed by atoms with Gasteiger partial charge in [0.05, 0.1) is 0 Å². The van der Waals surface area contributed by atoms with Gasteiger partial charge in [-0.2, -0.15) is 0 Å². The summed E-state index contributed by atoms with van der Waals surface area (Å²) >= 11 is 0. The third-order valence-corrected chi connectivity index (χ3v) is 3.14. The Morgan fingerprint density at radius 3 is 2.37 bits per heavy atom. The molecule has 0 saturated carbocycles. The number of carboxylic acid groups (broad SMARTS) is 1. The number of benzene rings is 1. The fourth-order valence-corrected chi connectivity index (χ4v) is 1.80. The normalized spacial score (nSPS) is 13.6. The highest BCUT2D eigenvalue weighted by molar-refractivity contribution is 5.86. The molecule has 2 atom stereocenters. The van der Waals surface area contributed by atoms with E-state index in [0.29, 0.717) is 12.0 Å². The first-order chi connectivity index (χ1) is 8.97. The van der Waals surface area contributed by atoms with E-state index in [1.165, 1.54) is 4.90 Å². The van der Waals surface area contributed by atoms with Crippen LogP contribution in [0.3, 0.4) is 0 Å². The van der Waals surface area contributed by atoms with E-state index in [4.69, 9.17) is 10.8 Å². The molecule has 0 aliphatic carbocycles. The second-order valence-electron chi connectivity index (χ2n) is 4.51. The van der Waals surface area contributed by atoms with Crippen LogP contribution in [0.1, 0.15) is 31.9 Å². The average molecular weight is 264 g/mol. The van der Waals surface area contributed by atoms with Crippen LogP contribution in [0.2, 0.25) is 0 Å². The molecule has 19 heavy (non-hydrogen) atoms. The van der Waals surface area contributed by atoms with Gasteiger partial charge in [-0.25, -0.2) is 0 Å². The Kier molecular flexibility index (Phi) is 5.51. The Balaban J connectivity index is 2.90. The maximum absolute atomic E-state index is 12.3. The van der Waals surface area contributed by atoms with E-state index in [1.807, 2.05) is 19.9 Å². The standard InChI is InChI=1S/C14H20N2O3/c1-3-10(2)16(9-12(17)18)14(19)13(15)11-7-5-4-6-8-11/h4-8,10,13H,3,9,15H2,1-2H3,(H,17,18). The van der Waals surface area contributed by atoms with Crippen LogP contribution < -0.4 is 5.73 Å². The molecule has 5 heteroatoms. The van der Waals surface area contributed by atoms with Crippen LogP contribution in [0.15, 0.2) is 30.3 Å². The van der Waals surface area contributed by atoms with Crippen molar-refractivity contribution >= 4 is 11.9 Å². The number of amides is 1. The van der Waals surface area contributed by atoms with Crippen LogP contribution in [0.25, 0.3) is 0 Å². The molecule has 0 heterocycles. The van der Waals surface area contributed by atoms with E-state index in [-0.39, 0.29) is 18.5 Å². The Hall–Kier alpha value is -1.88. The van der Waals surface area contributed by atoms with Crippen LogP contribution in [0.4, 0.5) is 0 Å². The third kappa shape index (κ3) is 4.06. The van der Waals surface area contributed by atoms with Gasteiger partial charge in [0, 0.05) is 6.04 Å². The number of nitrogens with two attached hydrogens (primary N) is 1. The zero-order chi connectivity index (χ0) is 14.4. The smallest absolute Gasteiger partial charge is 0.323 e. The summed E-state index contributed by atoms with van der Waals surface area (Å²) < 4.78 is 0. The summed E-state index contributed by atoms with van der Waals surface area (Å²) in [5.74, 6) is -1.39. The van der Waals surface area contributed by atoms with Gasteiger partial charge >= 0.3 is 5.97 Å². The molecule has 1 aromatic rings. The number of nitrogens with zero attached hydrogens (tertiary/aromatic N) is 1. The van der Waals surface area contributed by atoms with E-state index in [0.717, 1.165) is 0 Å². The van der Waals surface area contributed by atoms with E-state index in [1.54, 1.807) is 24.3 Å². The van der Waals surface area contributed by atoms with Gasteiger partial charge in [0.25, 0.3) is 0 Å². The molecule has 0 saturated heterocycles. The monoisotopic (exact) mass is 264 g/mol. The van der Waals surface area contributed by atoms with Gasteiger partial charge in [-0.15, -0.1) is 0 Å². The van der Waals surface area contributed by atoms with Crippen molar-refractivity contribution in [2.75, 3.05) is 6.54 Å². The SMILES string of the molecule is CCC(C)N(CC(=O)O)C(=O)C(N)c1ccccc1. The molecule has 1 amide bonds. The van der Waals surface area contributed by atoms with Gasteiger partial charge in [0.1, 0.15) is 12.6 Å². The largest absolute Gasteiger partial charge is 0.480 e. The minimum atomic E-state index is -1.03. The van der Waals surface area contributed by atoms with Gasteiger partial charge in [-0.3, -0.25) is 9.59 Å². The molecular weight excluding hydrogens is 244 g/mol. The van der Waals surface area contributed by atoms with E-state index in [9.17, 15) is 9.59 Å². The molecule has 0 bridgehead atoms. The minimum Gasteiger partial charge on any atom is -0.480 e. The van der Waals surface area contributed by atoms with Gasteiger partial charge in [0.2, 0.25) is 5.91 Å². The molecule has 0 radical (unpaired) electrons. The number of rotatable bonds is 6. The maximum atomic E-state index is 12.3. The molecule has 0 aliphatic heterocycles. The van der Waals surface area contributed by atoms with Crippen molar-refractivity contribution in [3.05, 3.63) is 35.9 Å². The highest BCUT2D eigenvalue weighted by atomic mass is 16.4. The fraction of sp³-hybridized carbons (Fsp3) is 0.429. The summed E-state index contributed by atoms with van der Waals surface area (Å²) in [4.78, 5) is 24.5. The topological polar surface area (TPSA) is 83.6 Å². The lowest BCUT2D eigenvalue weighted by molar-refractivity contribution is -0.146. The zero-order valence-corrected chi connectivity index (χ0v) is 11.2. The lowest BCUT2D eigenvalue weighted by Gasteiger charge is -2.29. The molecule has 2 unspecified atom stereocenters. The van der Waals surface area contributed by atoms with Crippen LogP contribution in [-0.4, -0.2) is 34.5 Å². The number of hydrogen-bond acceptors (Lipinski definition) is 3. The molecule has 1 aromatic carbocycles. The molecule has 1 rings (SSSR count). The van der Waals surface area contributed by atoms with Gasteiger partial charge in [-0.05, 0) is 18.9 Å². The number of carbonyl (C=O) groups excluding carboxylic acids is 1. The predicted octanol–water partition coefficient (Wildman–Crippen LogP) is 1.40. The van der Waals surface area contributed by atoms with Crippen molar-refractivity contribution in [3.63, 3.8) is 0 Å². The number of hydrogen-bond donors (Lipinski definition) is 2. The zero-order valence-electron chi connectivity index (χ0n) is 11.2. The van der Waals surface area contributed by atoms with Crippen LogP contribution in [-0.2, 0) is 9.59 Å². The van der Waals surface area contributed by atoms with Gasteiger partial charge in [-0.1, -0.05) is 37.3 Å². The van der Waals surface area contributed by atoms with E-state index in [2.05, 4.69) is 0 Å². The highest BCUT2D eigenvalue weighted by Gasteiger charge is 2.27. The van der Waals surface area contributed by atoms with Crippen LogP contribution in [0, 0.1) is 0 Å².